The van der Waals surface area contributed by atoms with Gasteiger partial charge in [-0.1, -0.05) is 42.5 Å². The molecule has 0 spiro atoms. The van der Waals surface area contributed by atoms with E-state index in [1.54, 1.807) is 36.4 Å². The molecule has 0 aliphatic heterocycles. The molecule has 0 saturated carbocycles. The van der Waals surface area contributed by atoms with E-state index in [-0.39, 0.29) is 25.0 Å². The minimum Gasteiger partial charge on any atom is -0.755 e. The van der Waals surface area contributed by atoms with Gasteiger partial charge in [0, 0.05) is 35.2 Å². The molecule has 3 atom stereocenters. The maximum absolute atomic E-state index is 13.4. The van der Waals surface area contributed by atoms with Crippen molar-refractivity contribution < 1.29 is 36.3 Å². The van der Waals surface area contributed by atoms with E-state index in [0.29, 0.717) is 16.3 Å². The number of hydrogen-bond donors (Lipinski definition) is 3. The van der Waals surface area contributed by atoms with E-state index in [4.69, 9.17) is 0 Å². The van der Waals surface area contributed by atoms with Crippen molar-refractivity contribution >= 4 is 40.3 Å². The Morgan fingerprint density at radius 2 is 1.72 bits per heavy atom. The number of alkyl carbamates (subject to hydrolysis) is 1. The zero-order valence-corrected chi connectivity index (χ0v) is 22.3. The fourth-order valence-corrected chi connectivity index (χ4v) is 4.87. The number of nitrogens with one attached hydrogen (secondary N) is 3. The molecule has 39 heavy (non-hydrogen) atoms. The van der Waals surface area contributed by atoms with Crippen molar-refractivity contribution in [2.45, 2.75) is 43.9 Å². The fraction of sp³-hybridized carbons (Fsp3) is 0.320. The lowest BCUT2D eigenvalue weighted by atomic mass is 10.0. The van der Waals surface area contributed by atoms with Crippen LogP contribution in [-0.2, 0) is 40.1 Å². The van der Waals surface area contributed by atoms with Crippen LogP contribution in [0, 0.1) is 0 Å². The summed E-state index contributed by atoms with van der Waals surface area (Å²) in [6, 6.07) is 13.6. The number of anilines is 1. The Hall–Kier alpha value is -3.49. The summed E-state index contributed by atoms with van der Waals surface area (Å²) in [5, 5.41) is 7.30. The van der Waals surface area contributed by atoms with E-state index in [1.807, 2.05) is 6.07 Å². The number of aromatic nitrogens is 1. The van der Waals surface area contributed by atoms with Crippen molar-refractivity contribution in [2.75, 3.05) is 11.8 Å². The largest absolute Gasteiger partial charge is 0.755 e. The number of thiazole rings is 1. The number of hydrogen-bond acceptors (Lipinski definition) is 7. The van der Waals surface area contributed by atoms with Crippen LogP contribution in [0.1, 0.15) is 34.3 Å². The first kappa shape index (κ1) is 30.1. The number of aryl methyl sites for hydroxylation is 1. The Morgan fingerprint density at radius 3 is 2.33 bits per heavy atom. The molecule has 210 valence electrons. The van der Waals surface area contributed by atoms with E-state index in [1.165, 1.54) is 24.6 Å². The zero-order chi connectivity index (χ0) is 28.4. The average molecular weight is 584 g/mol. The van der Waals surface area contributed by atoms with Gasteiger partial charge < -0.3 is 24.6 Å². The predicted molar refractivity (Wildman–Crippen MR) is 140 cm³/mol. The van der Waals surface area contributed by atoms with Crippen LogP contribution in [0.2, 0.25) is 0 Å². The van der Waals surface area contributed by atoms with Gasteiger partial charge in [-0.2, -0.15) is 13.2 Å². The van der Waals surface area contributed by atoms with E-state index in [9.17, 15) is 31.5 Å². The van der Waals surface area contributed by atoms with Gasteiger partial charge in [0.25, 0.3) is 0 Å². The van der Waals surface area contributed by atoms with Crippen molar-refractivity contribution in [3.8, 4) is 0 Å². The third kappa shape index (κ3) is 10.3. The van der Waals surface area contributed by atoms with Gasteiger partial charge in [-0.05, 0) is 36.1 Å². The van der Waals surface area contributed by atoms with Crippen molar-refractivity contribution in [2.24, 2.45) is 0 Å². The van der Waals surface area contributed by atoms with Gasteiger partial charge in [-0.15, -0.1) is 11.3 Å². The second-order valence-corrected chi connectivity index (χ2v) is 10.0. The number of amides is 2. The highest BCUT2D eigenvalue weighted by molar-refractivity contribution is 7.80. The lowest BCUT2D eigenvalue weighted by Gasteiger charge is -2.22. The Bertz CT molecular complexity index is 1260. The van der Waals surface area contributed by atoms with Crippen LogP contribution in [-0.4, -0.2) is 45.1 Å². The molecular weight excluding hydrogens is 557 g/mol. The van der Waals surface area contributed by atoms with Gasteiger partial charge in [-0.25, -0.2) is 9.78 Å². The topological polar surface area (TPSA) is 132 Å². The molecule has 0 bridgehead atoms. The quantitative estimate of drug-likeness (QED) is 0.274. The molecule has 1 aromatic heterocycles. The zero-order valence-electron chi connectivity index (χ0n) is 20.7. The number of alkyl halides is 3. The summed E-state index contributed by atoms with van der Waals surface area (Å²) in [5.41, 5.74) is 2.07. The first-order chi connectivity index (χ1) is 18.5. The van der Waals surface area contributed by atoms with Crippen molar-refractivity contribution in [1.29, 1.82) is 0 Å². The third-order valence-electron chi connectivity index (χ3n) is 5.52. The molecule has 2 amide bonds. The third-order valence-corrected chi connectivity index (χ3v) is 6.93. The molecule has 14 heteroatoms. The Labute approximate surface area is 229 Å². The monoisotopic (exact) mass is 583 g/mol. The lowest BCUT2D eigenvalue weighted by molar-refractivity contribution is -0.134. The summed E-state index contributed by atoms with van der Waals surface area (Å²) in [6.45, 7) is 0. The summed E-state index contributed by atoms with van der Waals surface area (Å²) >= 11 is -1.38. The first-order valence-corrected chi connectivity index (χ1v) is 13.6. The van der Waals surface area contributed by atoms with Crippen LogP contribution in [0.15, 0.2) is 60.0 Å². The number of benzene rings is 2. The van der Waals surface area contributed by atoms with Crippen molar-refractivity contribution in [3.05, 3.63) is 81.8 Å². The normalized spacial score (nSPS) is 13.7. The Morgan fingerprint density at radius 1 is 1.05 bits per heavy atom. The number of nitrogens with zero attached hydrogens (tertiary/aromatic N) is 1. The molecule has 9 nitrogen and oxygen atoms in total. The number of halogens is 3. The molecule has 2 aromatic carbocycles. The number of methoxy groups -OCH3 is 1. The molecule has 0 saturated heterocycles. The van der Waals surface area contributed by atoms with Gasteiger partial charge in [0.2, 0.25) is 5.91 Å². The first-order valence-electron chi connectivity index (χ1n) is 11.7. The standard InChI is InChI=1S/C25H27F3N4O5S2/c1-37-24(34)31-20(13-16-5-3-2-4-6-16)22(33)30-21(14-17-7-9-18(10-8-17)32-39(35)36)23-29-19(15-38-23)11-12-25(26,27)28/h2-10,15,20-21,32H,11-14H2,1H3,(H,30,33)(H,31,34)(H,35,36)/p-1/t20-,21-/m0/s1. The summed E-state index contributed by atoms with van der Waals surface area (Å²) < 4.78 is 66.8. The molecule has 0 radical (unpaired) electrons. The molecule has 0 fully saturated rings. The Kier molecular flexibility index (Phi) is 10.8. The summed E-state index contributed by atoms with van der Waals surface area (Å²) in [4.78, 5) is 29.7. The molecule has 1 heterocycles. The minimum absolute atomic E-state index is 0.163. The SMILES string of the molecule is COC(=O)N[C@@H](Cc1ccccc1)C(=O)N[C@@H](Cc1ccc(NS(=O)[O-])cc1)c1nc(CCC(F)(F)F)cs1. The van der Waals surface area contributed by atoms with Crippen LogP contribution >= 0.6 is 11.3 Å². The lowest BCUT2D eigenvalue weighted by Crippen LogP contribution is -2.49. The van der Waals surface area contributed by atoms with E-state index >= 15 is 0 Å². The second-order valence-electron chi connectivity index (χ2n) is 8.47. The molecular formula is C25H26F3N4O5S2-. The molecule has 3 aromatic rings. The maximum Gasteiger partial charge on any atom is 0.407 e. The van der Waals surface area contributed by atoms with Crippen LogP contribution in [0.4, 0.5) is 23.7 Å². The van der Waals surface area contributed by atoms with Gasteiger partial charge >= 0.3 is 12.3 Å². The van der Waals surface area contributed by atoms with Crippen LogP contribution in [0.25, 0.3) is 0 Å². The molecule has 3 N–H and O–H groups in total. The van der Waals surface area contributed by atoms with Crippen LogP contribution in [0.5, 0.6) is 0 Å². The summed E-state index contributed by atoms with van der Waals surface area (Å²) in [7, 11) is 1.18. The molecule has 1 unspecified atom stereocenters. The minimum atomic E-state index is -4.33. The number of rotatable bonds is 12. The van der Waals surface area contributed by atoms with Gasteiger partial charge in [0.05, 0.1) is 18.8 Å². The van der Waals surface area contributed by atoms with Crippen molar-refractivity contribution in [1.82, 2.24) is 15.6 Å². The highest BCUT2D eigenvalue weighted by Crippen LogP contribution is 2.27. The number of carbonyl (C=O) groups excluding carboxylic acids is 2. The van der Waals surface area contributed by atoms with Crippen molar-refractivity contribution in [3.63, 3.8) is 0 Å². The predicted octanol–water partition coefficient (Wildman–Crippen LogP) is 4.21. The van der Waals surface area contributed by atoms with E-state index < -0.39 is 47.9 Å². The van der Waals surface area contributed by atoms with Gasteiger partial charge in [0.15, 0.2) is 0 Å². The highest BCUT2D eigenvalue weighted by atomic mass is 32.2. The highest BCUT2D eigenvalue weighted by Gasteiger charge is 2.29. The average Bonchev–Trinajstić information content (AvgIpc) is 3.37. The molecule has 0 aliphatic rings. The van der Waals surface area contributed by atoms with Crippen LogP contribution in [0.3, 0.4) is 0 Å². The number of carbonyl (C=O) groups is 2. The Balaban J connectivity index is 1.84. The summed E-state index contributed by atoms with van der Waals surface area (Å²) in [6.07, 6.45) is -6.08. The maximum atomic E-state index is 13.4. The second kappa shape index (κ2) is 14.1. The van der Waals surface area contributed by atoms with E-state index in [2.05, 4.69) is 25.1 Å². The van der Waals surface area contributed by atoms with Gasteiger partial charge in [0.1, 0.15) is 11.0 Å². The van der Waals surface area contributed by atoms with E-state index in [0.717, 1.165) is 16.9 Å². The number of ether oxygens (including phenoxy) is 1. The van der Waals surface area contributed by atoms with Crippen LogP contribution < -0.4 is 15.4 Å². The van der Waals surface area contributed by atoms with Gasteiger partial charge in [-0.3, -0.25) is 9.00 Å². The molecule has 3 rings (SSSR count). The smallest absolute Gasteiger partial charge is 0.407 e. The summed E-state index contributed by atoms with van der Waals surface area (Å²) in [5.74, 6) is -0.540. The molecule has 0 aliphatic carbocycles. The fourth-order valence-electron chi connectivity index (χ4n) is 3.64.